The van der Waals surface area contributed by atoms with Crippen LogP contribution < -0.4 is 41.2 Å². The van der Waals surface area contributed by atoms with E-state index in [4.69, 9.17) is 10.8 Å². The van der Waals surface area contributed by atoms with Crippen LogP contribution in [0, 0.1) is 0 Å². The van der Waals surface area contributed by atoms with Crippen LogP contribution in [0.25, 0.3) is 0 Å². The molecule has 0 fully saturated rings. The molecule has 0 amide bonds. The Balaban J connectivity index is -0.000000405. The van der Waals surface area contributed by atoms with Crippen LogP contribution in [0.5, 0.6) is 0 Å². The van der Waals surface area contributed by atoms with Gasteiger partial charge in [-0.3, -0.25) is 4.79 Å². The van der Waals surface area contributed by atoms with Gasteiger partial charge in [0.1, 0.15) is 6.04 Å². The molecule has 0 saturated heterocycles. The van der Waals surface area contributed by atoms with E-state index in [1.54, 1.807) is 0 Å². The van der Waals surface area contributed by atoms with E-state index in [0.29, 0.717) is 0 Å². The van der Waals surface area contributed by atoms with Gasteiger partial charge in [0.05, 0.1) is 6.42 Å². The summed E-state index contributed by atoms with van der Waals surface area (Å²) in [5.41, 5.74) is 4.99. The molecule has 0 rings (SSSR count). The fraction of sp³-hybridized carbons (Fsp3) is 0.500. The third-order valence-electron chi connectivity index (χ3n) is 0.813. The van der Waals surface area contributed by atoms with Crippen molar-refractivity contribution >= 4 is 11.9 Å². The largest absolute Gasteiger partial charge is 1.00 e. The molecule has 0 aliphatic rings. The maximum atomic E-state index is 10.3. The van der Waals surface area contributed by atoms with E-state index in [1.165, 1.54) is 0 Å². The molecule has 0 aromatic rings. The Hall–Kier alpha value is -0.140. The summed E-state index contributed by atoms with van der Waals surface area (Å²) in [5, 5.41) is 8.10. The van der Waals surface area contributed by atoms with Gasteiger partial charge in [0.25, 0.3) is 0 Å². The van der Waals surface area contributed by atoms with Gasteiger partial charge in [-0.05, 0) is 0 Å². The van der Waals surface area contributed by atoms with Crippen LogP contribution in [0.4, 0.5) is 0 Å². The first-order chi connectivity index (χ1) is 4.57. The molecule has 0 bridgehead atoms. The number of rotatable bonds is 3. The Morgan fingerprint density at radius 1 is 1.64 bits per heavy atom. The SMILES string of the molecule is NOC(=O)[C@@H](N)CC(=O)O.[H-].[Na+]. The second-order valence-corrected chi connectivity index (χ2v) is 1.64. The molecule has 5 N–H and O–H groups in total. The molecular weight excluding hydrogens is 163 g/mol. The first kappa shape index (κ1) is 13.4. The maximum Gasteiger partial charge on any atom is 1.00 e. The maximum absolute atomic E-state index is 10.3. The molecule has 0 radical (unpaired) electrons. The van der Waals surface area contributed by atoms with Gasteiger partial charge < -0.3 is 17.1 Å². The number of carbonyl (C=O) groups excluding carboxylic acids is 1. The summed E-state index contributed by atoms with van der Waals surface area (Å²) in [6.07, 6.45) is -0.476. The number of hydrogen-bond donors (Lipinski definition) is 3. The second kappa shape index (κ2) is 6.56. The first-order valence-corrected chi connectivity index (χ1v) is 2.46. The van der Waals surface area contributed by atoms with Crippen LogP contribution in [-0.4, -0.2) is 23.1 Å². The van der Waals surface area contributed by atoms with Gasteiger partial charge >= 0.3 is 41.5 Å². The zero-order chi connectivity index (χ0) is 8.15. The minimum atomic E-state index is -1.18. The monoisotopic (exact) mass is 172 g/mol. The number of carboxylic acids is 1. The zero-order valence-corrected chi connectivity index (χ0v) is 8.11. The van der Waals surface area contributed by atoms with Gasteiger partial charge in [-0.15, -0.1) is 0 Å². The average Bonchev–Trinajstić information content (AvgIpc) is 1.85. The van der Waals surface area contributed by atoms with E-state index in [1.807, 2.05) is 0 Å². The van der Waals surface area contributed by atoms with E-state index in [0.717, 1.165) is 0 Å². The Morgan fingerprint density at radius 3 is 2.36 bits per heavy atom. The van der Waals surface area contributed by atoms with Crippen LogP contribution in [0.2, 0.25) is 0 Å². The minimum Gasteiger partial charge on any atom is -1.00 e. The van der Waals surface area contributed by atoms with Crippen molar-refractivity contribution in [1.82, 2.24) is 0 Å². The average molecular weight is 172 g/mol. The Bertz CT molecular complexity index is 156. The van der Waals surface area contributed by atoms with E-state index in [9.17, 15) is 9.59 Å². The first-order valence-electron chi connectivity index (χ1n) is 2.46. The van der Waals surface area contributed by atoms with E-state index in [2.05, 4.69) is 10.7 Å². The summed E-state index contributed by atoms with van der Waals surface area (Å²) in [4.78, 5) is 23.9. The van der Waals surface area contributed by atoms with Crippen molar-refractivity contribution in [1.29, 1.82) is 0 Å². The Morgan fingerprint density at radius 2 is 2.09 bits per heavy atom. The normalized spacial score (nSPS) is 11.1. The van der Waals surface area contributed by atoms with E-state index < -0.39 is 24.4 Å². The van der Waals surface area contributed by atoms with Crippen molar-refractivity contribution < 1.29 is 50.5 Å². The molecule has 0 aliphatic heterocycles. The molecule has 0 aliphatic carbocycles. The smallest absolute Gasteiger partial charge is 1.00 e. The number of nitrogens with two attached hydrogens (primary N) is 2. The predicted molar refractivity (Wildman–Crippen MR) is 31.6 cm³/mol. The van der Waals surface area contributed by atoms with Crippen molar-refractivity contribution in [2.45, 2.75) is 12.5 Å². The Labute approximate surface area is 86.6 Å². The molecule has 1 atom stereocenters. The number of carbonyl (C=O) groups is 2. The molecule has 0 saturated carbocycles. The topological polar surface area (TPSA) is 116 Å². The molecule has 0 aromatic heterocycles. The van der Waals surface area contributed by atoms with Crippen molar-refractivity contribution in [3.8, 4) is 0 Å². The van der Waals surface area contributed by atoms with Crippen LogP contribution in [0.15, 0.2) is 0 Å². The molecule has 6 nitrogen and oxygen atoms in total. The summed E-state index contributed by atoms with van der Waals surface area (Å²) in [5.74, 6) is 2.33. The molecule has 0 aromatic carbocycles. The minimum absolute atomic E-state index is 0. The number of hydrogen-bond acceptors (Lipinski definition) is 5. The van der Waals surface area contributed by atoms with Crippen molar-refractivity contribution in [3.05, 3.63) is 0 Å². The summed E-state index contributed by atoms with van der Waals surface area (Å²) in [7, 11) is 0. The quantitative estimate of drug-likeness (QED) is 0.291. The van der Waals surface area contributed by atoms with Gasteiger partial charge in [-0.25, -0.2) is 4.79 Å². The van der Waals surface area contributed by atoms with Crippen LogP contribution in [-0.2, 0) is 14.4 Å². The summed E-state index contributed by atoms with van der Waals surface area (Å²) >= 11 is 0. The number of carboxylic acid groups (broad SMARTS) is 1. The molecule has 0 heterocycles. The van der Waals surface area contributed by atoms with Gasteiger partial charge in [-0.2, -0.15) is 5.90 Å². The molecule has 7 heteroatoms. The van der Waals surface area contributed by atoms with Crippen LogP contribution in [0.1, 0.15) is 7.85 Å². The fourth-order valence-corrected chi connectivity index (χ4v) is 0.359. The molecule has 0 spiro atoms. The van der Waals surface area contributed by atoms with Gasteiger partial charge in [0.2, 0.25) is 0 Å². The molecule has 0 unspecified atom stereocenters. The van der Waals surface area contributed by atoms with Gasteiger partial charge in [0.15, 0.2) is 0 Å². The fourth-order valence-electron chi connectivity index (χ4n) is 0.359. The van der Waals surface area contributed by atoms with E-state index >= 15 is 0 Å². The predicted octanol–water partition coefficient (Wildman–Crippen LogP) is -4.68. The van der Waals surface area contributed by atoms with Crippen LogP contribution >= 0.6 is 0 Å². The zero-order valence-electron chi connectivity index (χ0n) is 7.11. The summed E-state index contributed by atoms with van der Waals surface area (Å²) < 4.78 is 0. The third-order valence-corrected chi connectivity index (χ3v) is 0.813. The van der Waals surface area contributed by atoms with Crippen LogP contribution in [0.3, 0.4) is 0 Å². The summed E-state index contributed by atoms with van der Waals surface area (Å²) in [6, 6.07) is -1.18. The summed E-state index contributed by atoms with van der Waals surface area (Å²) in [6.45, 7) is 0. The molecule has 60 valence electrons. The van der Waals surface area contributed by atoms with Gasteiger partial charge in [-0.1, -0.05) is 0 Å². The van der Waals surface area contributed by atoms with Crippen molar-refractivity contribution in [2.75, 3.05) is 0 Å². The second-order valence-electron chi connectivity index (χ2n) is 1.64. The number of aliphatic carboxylic acids is 1. The molecular formula is C4H9N2NaO4. The van der Waals surface area contributed by atoms with E-state index in [-0.39, 0.29) is 31.0 Å². The van der Waals surface area contributed by atoms with Crippen molar-refractivity contribution in [3.63, 3.8) is 0 Å². The van der Waals surface area contributed by atoms with Crippen molar-refractivity contribution in [2.24, 2.45) is 11.6 Å². The van der Waals surface area contributed by atoms with Gasteiger partial charge in [0, 0.05) is 0 Å². The third kappa shape index (κ3) is 6.27. The molecule has 11 heavy (non-hydrogen) atoms. The standard InChI is InChI=1S/C4H8N2O4.Na.H/c5-2(1-3(7)8)4(9)10-6;;/h2H,1,5-6H2,(H,7,8);;/q;+1;-1/t2-;;/m0../s1. The Kier molecular flexibility index (Phi) is 8.02.